The van der Waals surface area contributed by atoms with Crippen LogP contribution in [0, 0.1) is 13.8 Å². The van der Waals surface area contributed by atoms with Gasteiger partial charge in [0.2, 0.25) is 0 Å². The van der Waals surface area contributed by atoms with Crippen LogP contribution in [0.1, 0.15) is 48.0 Å². The van der Waals surface area contributed by atoms with Gasteiger partial charge in [0, 0.05) is 24.6 Å². The fourth-order valence-electron chi connectivity index (χ4n) is 3.59. The van der Waals surface area contributed by atoms with Crippen molar-refractivity contribution in [3.8, 4) is 0 Å². The van der Waals surface area contributed by atoms with Gasteiger partial charge in [-0.3, -0.25) is 0 Å². The standard InChI is InChI=1S/C21H29N3O2/c1-5-22-20(23-12-17-11-16-8-6-7-9-18(16)17)24-13-21(4,25)19-10-14(2)26-15(19)3/h6-10,17,25H,5,11-13H2,1-4H3,(H2,22,23,24). The second-order valence-corrected chi connectivity index (χ2v) is 7.28. The smallest absolute Gasteiger partial charge is 0.191 e. The maximum Gasteiger partial charge on any atom is 0.191 e. The Morgan fingerprint density at radius 2 is 2.08 bits per heavy atom. The molecule has 5 nitrogen and oxygen atoms in total. The Bertz CT molecular complexity index is 792. The monoisotopic (exact) mass is 355 g/mol. The summed E-state index contributed by atoms with van der Waals surface area (Å²) in [6.07, 6.45) is 1.10. The number of furan rings is 1. The van der Waals surface area contributed by atoms with Crippen LogP contribution >= 0.6 is 0 Å². The Kier molecular flexibility index (Phi) is 5.37. The lowest BCUT2D eigenvalue weighted by Gasteiger charge is -2.30. The van der Waals surface area contributed by atoms with Crippen molar-refractivity contribution in [1.82, 2.24) is 10.6 Å². The normalized spacial score (nSPS) is 18.7. The number of hydrogen-bond acceptors (Lipinski definition) is 3. The molecule has 140 valence electrons. The molecule has 0 radical (unpaired) electrons. The van der Waals surface area contributed by atoms with Crippen molar-refractivity contribution in [2.75, 3.05) is 19.6 Å². The molecular weight excluding hydrogens is 326 g/mol. The maximum atomic E-state index is 10.8. The topological polar surface area (TPSA) is 69.8 Å². The van der Waals surface area contributed by atoms with Crippen molar-refractivity contribution in [3.63, 3.8) is 0 Å². The number of nitrogens with one attached hydrogen (secondary N) is 2. The van der Waals surface area contributed by atoms with Gasteiger partial charge in [-0.15, -0.1) is 0 Å². The summed E-state index contributed by atoms with van der Waals surface area (Å²) in [5.74, 6) is 2.80. The van der Waals surface area contributed by atoms with E-state index in [4.69, 9.17) is 4.42 Å². The van der Waals surface area contributed by atoms with Gasteiger partial charge in [0.05, 0.1) is 6.54 Å². The van der Waals surface area contributed by atoms with Gasteiger partial charge >= 0.3 is 0 Å². The van der Waals surface area contributed by atoms with E-state index in [2.05, 4.69) is 39.9 Å². The summed E-state index contributed by atoms with van der Waals surface area (Å²) in [5, 5.41) is 17.5. The zero-order valence-electron chi connectivity index (χ0n) is 16.1. The Morgan fingerprint density at radius 3 is 2.73 bits per heavy atom. The molecule has 0 bridgehead atoms. The molecule has 0 saturated carbocycles. The van der Waals surface area contributed by atoms with Crippen LogP contribution in [0.15, 0.2) is 39.7 Å². The number of fused-ring (bicyclic) bond motifs is 1. The Morgan fingerprint density at radius 1 is 1.31 bits per heavy atom. The third kappa shape index (κ3) is 3.93. The highest BCUT2D eigenvalue weighted by Gasteiger charge is 2.28. The third-order valence-electron chi connectivity index (χ3n) is 4.99. The van der Waals surface area contributed by atoms with E-state index >= 15 is 0 Å². The molecule has 0 fully saturated rings. The summed E-state index contributed by atoms with van der Waals surface area (Å²) in [6, 6.07) is 10.5. The summed E-state index contributed by atoms with van der Waals surface area (Å²) < 4.78 is 5.55. The van der Waals surface area contributed by atoms with Crippen molar-refractivity contribution in [2.45, 2.75) is 45.6 Å². The molecule has 26 heavy (non-hydrogen) atoms. The van der Waals surface area contributed by atoms with Crippen molar-refractivity contribution in [1.29, 1.82) is 0 Å². The average molecular weight is 355 g/mol. The first-order chi connectivity index (χ1) is 12.4. The van der Waals surface area contributed by atoms with Crippen LogP contribution in [0.25, 0.3) is 0 Å². The first-order valence-electron chi connectivity index (χ1n) is 9.30. The van der Waals surface area contributed by atoms with Gasteiger partial charge < -0.3 is 20.2 Å². The molecule has 5 heteroatoms. The molecule has 0 saturated heterocycles. The Balaban J connectivity index is 1.63. The van der Waals surface area contributed by atoms with Gasteiger partial charge in [0.25, 0.3) is 0 Å². The minimum Gasteiger partial charge on any atom is -0.466 e. The number of aryl methyl sites for hydroxylation is 2. The largest absolute Gasteiger partial charge is 0.466 e. The molecule has 0 amide bonds. The van der Waals surface area contributed by atoms with Crippen LogP contribution < -0.4 is 10.6 Å². The number of rotatable bonds is 6. The lowest BCUT2D eigenvalue weighted by Crippen LogP contribution is -2.42. The number of aliphatic hydroxyl groups is 1. The molecule has 2 atom stereocenters. The number of nitrogens with zero attached hydrogens (tertiary/aromatic N) is 1. The van der Waals surface area contributed by atoms with E-state index in [0.29, 0.717) is 5.92 Å². The van der Waals surface area contributed by atoms with Crippen LogP contribution in [0.2, 0.25) is 0 Å². The number of benzene rings is 1. The fraction of sp³-hybridized carbons (Fsp3) is 0.476. The maximum absolute atomic E-state index is 10.8. The first kappa shape index (κ1) is 18.5. The highest BCUT2D eigenvalue weighted by atomic mass is 16.3. The summed E-state index contributed by atoms with van der Waals surface area (Å²) in [4.78, 5) is 4.60. The molecule has 1 aromatic carbocycles. The van der Waals surface area contributed by atoms with Gasteiger partial charge in [-0.1, -0.05) is 24.3 Å². The van der Waals surface area contributed by atoms with Gasteiger partial charge in [0.15, 0.2) is 5.96 Å². The number of guanidine groups is 1. The van der Waals surface area contributed by atoms with Crippen LogP contribution in [0.5, 0.6) is 0 Å². The van der Waals surface area contributed by atoms with E-state index in [1.165, 1.54) is 11.1 Å². The lowest BCUT2D eigenvalue weighted by molar-refractivity contribution is 0.0657. The van der Waals surface area contributed by atoms with E-state index < -0.39 is 5.60 Å². The predicted molar refractivity (Wildman–Crippen MR) is 105 cm³/mol. The Hall–Kier alpha value is -2.27. The summed E-state index contributed by atoms with van der Waals surface area (Å²) >= 11 is 0. The van der Waals surface area contributed by atoms with E-state index in [0.717, 1.165) is 42.6 Å². The predicted octanol–water partition coefficient (Wildman–Crippen LogP) is 3.00. The molecule has 1 aromatic heterocycles. The van der Waals surface area contributed by atoms with Crippen LogP contribution in [0.4, 0.5) is 0 Å². The summed E-state index contributed by atoms with van der Waals surface area (Å²) in [7, 11) is 0. The number of hydrogen-bond donors (Lipinski definition) is 3. The molecule has 1 aliphatic carbocycles. The molecule has 1 aliphatic rings. The van der Waals surface area contributed by atoms with Crippen molar-refractivity contribution in [2.24, 2.45) is 4.99 Å². The van der Waals surface area contributed by atoms with Crippen molar-refractivity contribution >= 4 is 5.96 Å². The summed E-state index contributed by atoms with van der Waals surface area (Å²) in [5.41, 5.74) is 2.60. The average Bonchev–Trinajstić information content (AvgIpc) is 2.93. The van der Waals surface area contributed by atoms with Gasteiger partial charge in [-0.2, -0.15) is 0 Å². The molecule has 3 rings (SSSR count). The van der Waals surface area contributed by atoms with Crippen LogP contribution in [-0.2, 0) is 12.0 Å². The highest BCUT2D eigenvalue weighted by Crippen LogP contribution is 2.34. The number of aliphatic imine (C=N–C) groups is 1. The lowest BCUT2D eigenvalue weighted by atomic mass is 9.78. The molecule has 3 N–H and O–H groups in total. The van der Waals surface area contributed by atoms with E-state index in [9.17, 15) is 5.11 Å². The Labute approximate surface area is 155 Å². The van der Waals surface area contributed by atoms with Gasteiger partial charge in [-0.05, 0) is 51.3 Å². The highest BCUT2D eigenvalue weighted by molar-refractivity contribution is 5.80. The fourth-order valence-corrected chi connectivity index (χ4v) is 3.59. The van der Waals surface area contributed by atoms with Crippen molar-refractivity contribution < 1.29 is 9.52 Å². The quantitative estimate of drug-likeness (QED) is 0.550. The van der Waals surface area contributed by atoms with Crippen molar-refractivity contribution in [3.05, 3.63) is 58.5 Å². The molecule has 2 aromatic rings. The zero-order chi connectivity index (χ0) is 18.7. The third-order valence-corrected chi connectivity index (χ3v) is 4.99. The second-order valence-electron chi connectivity index (χ2n) is 7.28. The zero-order valence-corrected chi connectivity index (χ0v) is 16.1. The van der Waals surface area contributed by atoms with E-state index in [1.54, 1.807) is 6.92 Å². The van der Waals surface area contributed by atoms with Gasteiger partial charge in [-0.25, -0.2) is 4.99 Å². The summed E-state index contributed by atoms with van der Waals surface area (Å²) in [6.45, 7) is 9.46. The first-order valence-corrected chi connectivity index (χ1v) is 9.30. The second kappa shape index (κ2) is 7.54. The van der Waals surface area contributed by atoms with Crippen LogP contribution in [0.3, 0.4) is 0 Å². The minimum absolute atomic E-state index is 0.267. The molecule has 1 heterocycles. The van der Waals surface area contributed by atoms with Crippen LogP contribution in [-0.4, -0.2) is 30.7 Å². The molecule has 0 spiro atoms. The SMILES string of the molecule is CCNC(=NCC(C)(O)c1cc(C)oc1C)NCC1Cc2ccccc21. The molecule has 0 aliphatic heterocycles. The van der Waals surface area contributed by atoms with E-state index in [-0.39, 0.29) is 6.54 Å². The van der Waals surface area contributed by atoms with Gasteiger partial charge in [0.1, 0.15) is 17.1 Å². The minimum atomic E-state index is -1.06. The molecule has 2 unspecified atom stereocenters. The molecular formula is C21H29N3O2. The van der Waals surface area contributed by atoms with E-state index in [1.807, 2.05) is 26.8 Å².